The van der Waals surface area contributed by atoms with Gasteiger partial charge in [-0.1, -0.05) is 78.9 Å². The van der Waals surface area contributed by atoms with E-state index in [-0.39, 0.29) is 28.8 Å². The molecule has 2 heterocycles. The molecule has 0 saturated carbocycles. The van der Waals surface area contributed by atoms with Crippen molar-refractivity contribution in [2.75, 3.05) is 0 Å². The van der Waals surface area contributed by atoms with Crippen LogP contribution in [-0.2, 0) is 6.54 Å². The Morgan fingerprint density at radius 1 is 0.938 bits per heavy atom. The van der Waals surface area contributed by atoms with E-state index in [2.05, 4.69) is 28.8 Å². The summed E-state index contributed by atoms with van der Waals surface area (Å²) in [4.78, 5) is 12.8. The van der Waals surface area contributed by atoms with Crippen molar-refractivity contribution in [1.82, 2.24) is 4.57 Å². The van der Waals surface area contributed by atoms with E-state index in [1.54, 1.807) is 0 Å². The number of para-hydroxylation sites is 1. The van der Waals surface area contributed by atoms with Crippen molar-refractivity contribution in [3.05, 3.63) is 126 Å². The standard InChI is InChI=1S/C27H23N2O2.BrH/c1-20-28(19-24(30)21-10-4-2-5-11-21)16-17-29(20)27(22-12-6-3-7-13-22)26-18-23-14-8-9-15-25(23)31-26;/h2-18,27H,19H2,1H3;1H/q+1;/p-1. The lowest BCUT2D eigenvalue weighted by Gasteiger charge is -2.13. The van der Waals surface area contributed by atoms with Gasteiger partial charge in [0.15, 0.2) is 18.3 Å². The zero-order chi connectivity index (χ0) is 21.2. The van der Waals surface area contributed by atoms with Gasteiger partial charge in [-0.25, -0.2) is 9.13 Å². The molecule has 5 rings (SSSR count). The van der Waals surface area contributed by atoms with Crippen molar-refractivity contribution in [3.63, 3.8) is 0 Å². The summed E-state index contributed by atoms with van der Waals surface area (Å²) in [5.74, 6) is 1.94. The highest BCUT2D eigenvalue weighted by atomic mass is 79.9. The topological polar surface area (TPSA) is 39.0 Å². The number of nitrogens with zero attached hydrogens (tertiary/aromatic N) is 2. The van der Waals surface area contributed by atoms with Crippen LogP contribution in [-0.4, -0.2) is 10.4 Å². The number of furan rings is 1. The van der Waals surface area contributed by atoms with E-state index in [1.165, 1.54) is 0 Å². The molecule has 0 bridgehead atoms. The lowest BCUT2D eigenvalue weighted by atomic mass is 10.0. The number of carbonyl (C=O) groups excluding carboxylic acids is 1. The van der Waals surface area contributed by atoms with E-state index in [9.17, 15) is 4.79 Å². The van der Waals surface area contributed by atoms with Crippen molar-refractivity contribution >= 4 is 16.8 Å². The number of imidazole rings is 1. The van der Waals surface area contributed by atoms with Crippen molar-refractivity contribution in [1.29, 1.82) is 0 Å². The number of rotatable bonds is 6. The Morgan fingerprint density at radius 2 is 1.59 bits per heavy atom. The van der Waals surface area contributed by atoms with Crippen LogP contribution in [0, 0.1) is 6.92 Å². The SMILES string of the molecule is Cc1n(C(c2ccccc2)c2cc3ccccc3o2)cc[n+]1CC(=O)c1ccccc1.[Br-]. The first-order valence-corrected chi connectivity index (χ1v) is 10.4. The monoisotopic (exact) mass is 486 g/mol. The fourth-order valence-electron chi connectivity index (χ4n) is 4.06. The second kappa shape index (κ2) is 9.37. The quantitative estimate of drug-likeness (QED) is 0.273. The smallest absolute Gasteiger partial charge is 0.254 e. The van der Waals surface area contributed by atoms with Crippen molar-refractivity contribution < 1.29 is 30.8 Å². The molecule has 0 radical (unpaired) electrons. The van der Waals surface area contributed by atoms with Crippen molar-refractivity contribution in [2.45, 2.75) is 19.5 Å². The third-order valence-electron chi connectivity index (χ3n) is 5.71. The van der Waals surface area contributed by atoms with Crippen LogP contribution in [0.25, 0.3) is 11.0 Å². The first-order valence-electron chi connectivity index (χ1n) is 10.4. The number of benzene rings is 3. The summed E-state index contributed by atoms with van der Waals surface area (Å²) in [7, 11) is 0. The number of halogens is 1. The molecular weight excluding hydrogens is 464 g/mol. The second-order valence-corrected chi connectivity index (χ2v) is 7.67. The van der Waals surface area contributed by atoms with Gasteiger partial charge in [0, 0.05) is 23.4 Å². The van der Waals surface area contributed by atoms with E-state index in [0.29, 0.717) is 6.54 Å². The van der Waals surface area contributed by atoms with E-state index in [0.717, 1.165) is 33.7 Å². The van der Waals surface area contributed by atoms with Crippen molar-refractivity contribution in [3.8, 4) is 0 Å². The summed E-state index contributed by atoms with van der Waals surface area (Å²) in [5, 5.41) is 1.08. The van der Waals surface area contributed by atoms with Gasteiger partial charge in [0.1, 0.15) is 18.0 Å². The summed E-state index contributed by atoms with van der Waals surface area (Å²) in [6.45, 7) is 2.33. The minimum absolute atomic E-state index is 0. The summed E-state index contributed by atoms with van der Waals surface area (Å²) in [5.41, 5.74) is 2.72. The Bertz CT molecular complexity index is 1310. The summed E-state index contributed by atoms with van der Waals surface area (Å²) in [6.07, 6.45) is 3.99. The van der Waals surface area contributed by atoms with Gasteiger partial charge in [0.25, 0.3) is 5.82 Å². The minimum Gasteiger partial charge on any atom is -1.00 e. The molecule has 5 aromatic rings. The molecule has 4 nitrogen and oxygen atoms in total. The van der Waals surface area contributed by atoms with Crippen LogP contribution in [0.5, 0.6) is 0 Å². The van der Waals surface area contributed by atoms with Crippen LogP contribution in [0.4, 0.5) is 0 Å². The van der Waals surface area contributed by atoms with Gasteiger partial charge < -0.3 is 21.4 Å². The Kier molecular flexibility index (Phi) is 6.37. The molecule has 160 valence electrons. The van der Waals surface area contributed by atoms with Gasteiger partial charge in [-0.2, -0.15) is 0 Å². The van der Waals surface area contributed by atoms with Crippen LogP contribution in [0.3, 0.4) is 0 Å². The number of hydrogen-bond acceptors (Lipinski definition) is 2. The average Bonchev–Trinajstić information content (AvgIpc) is 3.39. The number of Topliss-reactive ketones (excluding diaryl/α,β-unsaturated/α-hetero) is 1. The molecule has 0 fully saturated rings. The minimum atomic E-state index is -0.123. The lowest BCUT2D eigenvalue weighted by Crippen LogP contribution is -3.00. The van der Waals surface area contributed by atoms with Gasteiger partial charge in [0.05, 0.1) is 0 Å². The van der Waals surface area contributed by atoms with Crippen LogP contribution in [0.15, 0.2) is 108 Å². The van der Waals surface area contributed by atoms with Crippen LogP contribution < -0.4 is 21.5 Å². The molecule has 0 spiro atoms. The molecule has 0 saturated heterocycles. The Balaban J connectivity index is 0.00000245. The number of ketones is 1. The van der Waals surface area contributed by atoms with E-state index >= 15 is 0 Å². The number of fused-ring (bicyclic) bond motifs is 1. The zero-order valence-electron chi connectivity index (χ0n) is 17.7. The molecule has 0 N–H and O–H groups in total. The first kappa shape index (κ1) is 21.8. The maximum atomic E-state index is 12.8. The van der Waals surface area contributed by atoms with E-state index in [4.69, 9.17) is 4.42 Å². The van der Waals surface area contributed by atoms with E-state index < -0.39 is 0 Å². The Morgan fingerprint density at radius 3 is 2.31 bits per heavy atom. The number of hydrogen-bond donors (Lipinski definition) is 0. The molecule has 2 aromatic heterocycles. The van der Waals surface area contributed by atoms with Crippen molar-refractivity contribution in [2.24, 2.45) is 0 Å². The molecule has 1 atom stereocenters. The van der Waals surface area contributed by atoms with Gasteiger partial charge in [-0.05, 0) is 12.1 Å². The normalized spacial score (nSPS) is 11.8. The summed E-state index contributed by atoms with van der Waals surface area (Å²) >= 11 is 0. The molecule has 5 heteroatoms. The van der Waals surface area contributed by atoms with E-state index in [1.807, 2.05) is 90.6 Å². The maximum Gasteiger partial charge on any atom is 0.254 e. The zero-order valence-corrected chi connectivity index (χ0v) is 19.3. The highest BCUT2D eigenvalue weighted by molar-refractivity contribution is 5.94. The molecule has 0 aliphatic heterocycles. The molecular formula is C27H23BrN2O2. The third-order valence-corrected chi connectivity index (χ3v) is 5.71. The predicted octanol–water partition coefficient (Wildman–Crippen LogP) is 2.35. The number of aromatic nitrogens is 2. The number of carbonyl (C=O) groups is 1. The maximum absolute atomic E-state index is 12.8. The largest absolute Gasteiger partial charge is 1.00 e. The summed E-state index contributed by atoms with van der Waals surface area (Å²) in [6, 6.07) is 29.8. The van der Waals surface area contributed by atoms with Crippen LogP contribution in [0.2, 0.25) is 0 Å². The van der Waals surface area contributed by atoms with Crippen LogP contribution >= 0.6 is 0 Å². The first-order chi connectivity index (χ1) is 15.2. The third kappa shape index (κ3) is 4.16. The predicted molar refractivity (Wildman–Crippen MR) is 120 cm³/mol. The molecule has 0 aliphatic rings. The average molecular weight is 487 g/mol. The van der Waals surface area contributed by atoms with Crippen LogP contribution in [0.1, 0.15) is 33.5 Å². The Hall–Kier alpha value is -3.44. The molecule has 32 heavy (non-hydrogen) atoms. The van der Waals surface area contributed by atoms with Gasteiger partial charge in [-0.3, -0.25) is 4.79 Å². The van der Waals surface area contributed by atoms with Gasteiger partial charge in [-0.15, -0.1) is 0 Å². The molecule has 1 unspecified atom stereocenters. The highest BCUT2D eigenvalue weighted by Crippen LogP contribution is 2.31. The highest BCUT2D eigenvalue weighted by Gasteiger charge is 2.29. The molecule has 3 aromatic carbocycles. The fraction of sp³-hybridized carbons (Fsp3) is 0.111. The van der Waals surface area contributed by atoms with Gasteiger partial charge in [0.2, 0.25) is 5.78 Å². The lowest BCUT2D eigenvalue weighted by molar-refractivity contribution is -0.688. The summed E-state index contributed by atoms with van der Waals surface area (Å²) < 4.78 is 10.4. The molecule has 0 amide bonds. The second-order valence-electron chi connectivity index (χ2n) is 7.67. The fourth-order valence-corrected chi connectivity index (χ4v) is 4.06. The Labute approximate surface area is 197 Å². The molecule has 0 aliphatic carbocycles. The van der Waals surface area contributed by atoms with Gasteiger partial charge >= 0.3 is 0 Å².